The van der Waals surface area contributed by atoms with Crippen LogP contribution in [0, 0.1) is 0 Å². The van der Waals surface area contributed by atoms with E-state index in [-0.39, 0.29) is 17.6 Å². The summed E-state index contributed by atoms with van der Waals surface area (Å²) in [6.45, 7) is 0. The molecule has 2 N–H and O–H groups in total. The van der Waals surface area contributed by atoms with Crippen LogP contribution in [0.4, 0.5) is 11.4 Å². The summed E-state index contributed by atoms with van der Waals surface area (Å²) in [5, 5.41) is 6.98. The van der Waals surface area contributed by atoms with E-state index in [0.717, 1.165) is 41.1 Å². The molecule has 30 heavy (non-hydrogen) atoms. The second-order valence-electron chi connectivity index (χ2n) is 7.61. The van der Waals surface area contributed by atoms with Crippen molar-refractivity contribution >= 4 is 22.9 Å². The Labute approximate surface area is 174 Å². The quantitative estimate of drug-likeness (QED) is 0.618. The van der Waals surface area contributed by atoms with Crippen molar-refractivity contribution in [1.29, 1.82) is 0 Å². The van der Waals surface area contributed by atoms with Crippen molar-refractivity contribution < 1.29 is 9.59 Å². The number of benzene rings is 2. The van der Waals surface area contributed by atoms with E-state index in [1.807, 2.05) is 60.7 Å². The Morgan fingerprint density at radius 2 is 1.80 bits per heavy atom. The molecule has 0 radical (unpaired) electrons. The number of allylic oxidation sites excluding steroid dienone is 1. The first kappa shape index (κ1) is 18.3. The van der Waals surface area contributed by atoms with Gasteiger partial charge in [-0.3, -0.25) is 14.6 Å². The molecule has 1 atom stereocenters. The van der Waals surface area contributed by atoms with E-state index in [1.165, 1.54) is 0 Å². The standard InChI is InChI=1S/C25H21N3O2/c29-22-10-4-9-20-23(22)24(18-8-5-13-26-15-18)28-19-12-11-17(14-21(19)27-20)25(30)16-6-2-1-3-7-16/h1-3,5-8,11-15,24,27-28H,4,9-10H2/t24-/m0/s1. The van der Waals surface area contributed by atoms with Gasteiger partial charge >= 0.3 is 0 Å². The summed E-state index contributed by atoms with van der Waals surface area (Å²) >= 11 is 0. The number of rotatable bonds is 3. The maximum atomic E-state index is 12.9. The van der Waals surface area contributed by atoms with E-state index < -0.39 is 0 Å². The molecule has 1 aliphatic carbocycles. The molecule has 0 fully saturated rings. The van der Waals surface area contributed by atoms with Crippen LogP contribution in [-0.4, -0.2) is 16.6 Å². The summed E-state index contributed by atoms with van der Waals surface area (Å²) in [5.74, 6) is 0.126. The minimum atomic E-state index is -0.272. The molecule has 5 rings (SSSR count). The van der Waals surface area contributed by atoms with Crippen molar-refractivity contribution in [2.75, 3.05) is 10.6 Å². The number of fused-ring (bicyclic) bond motifs is 1. The largest absolute Gasteiger partial charge is 0.372 e. The zero-order valence-corrected chi connectivity index (χ0v) is 16.4. The van der Waals surface area contributed by atoms with Gasteiger partial charge in [0.05, 0.1) is 17.4 Å². The van der Waals surface area contributed by atoms with Gasteiger partial charge in [-0.1, -0.05) is 36.4 Å². The van der Waals surface area contributed by atoms with E-state index >= 15 is 0 Å². The smallest absolute Gasteiger partial charge is 0.193 e. The zero-order chi connectivity index (χ0) is 20.5. The molecule has 3 aromatic rings. The second-order valence-corrected chi connectivity index (χ2v) is 7.61. The molecule has 2 aliphatic rings. The molecule has 2 heterocycles. The first-order chi connectivity index (χ1) is 14.7. The summed E-state index contributed by atoms with van der Waals surface area (Å²) in [6, 6.07) is 18.4. The fraction of sp³-hybridized carbons (Fsp3) is 0.160. The molecular weight excluding hydrogens is 374 g/mol. The molecule has 0 bridgehead atoms. The summed E-state index contributed by atoms with van der Waals surface area (Å²) < 4.78 is 0. The summed E-state index contributed by atoms with van der Waals surface area (Å²) in [6.07, 6.45) is 5.69. The van der Waals surface area contributed by atoms with Gasteiger partial charge in [0.2, 0.25) is 0 Å². The van der Waals surface area contributed by atoms with Gasteiger partial charge in [-0.25, -0.2) is 0 Å². The maximum absolute atomic E-state index is 12.9. The summed E-state index contributed by atoms with van der Waals surface area (Å²) in [4.78, 5) is 30.0. The fourth-order valence-electron chi connectivity index (χ4n) is 4.19. The van der Waals surface area contributed by atoms with Crippen molar-refractivity contribution in [3.63, 3.8) is 0 Å². The number of hydrogen-bond donors (Lipinski definition) is 2. The molecule has 5 nitrogen and oxygen atoms in total. The van der Waals surface area contributed by atoms with E-state index in [4.69, 9.17) is 0 Å². The highest BCUT2D eigenvalue weighted by atomic mass is 16.1. The minimum Gasteiger partial charge on any atom is -0.372 e. The molecule has 0 amide bonds. The van der Waals surface area contributed by atoms with E-state index in [2.05, 4.69) is 15.6 Å². The number of carbonyl (C=O) groups excluding carboxylic acids is 2. The highest BCUT2D eigenvalue weighted by Crippen LogP contribution is 2.40. The van der Waals surface area contributed by atoms with Crippen LogP contribution in [0.5, 0.6) is 0 Å². The Morgan fingerprint density at radius 1 is 0.933 bits per heavy atom. The van der Waals surface area contributed by atoms with Gasteiger partial charge in [-0.05, 0) is 42.7 Å². The molecule has 0 spiro atoms. The van der Waals surface area contributed by atoms with Crippen molar-refractivity contribution in [2.24, 2.45) is 0 Å². The third kappa shape index (κ3) is 3.28. The summed E-state index contributed by atoms with van der Waals surface area (Å²) in [7, 11) is 0. The van der Waals surface area contributed by atoms with Crippen LogP contribution in [0.1, 0.15) is 46.8 Å². The van der Waals surface area contributed by atoms with Gasteiger partial charge in [0.1, 0.15) is 0 Å². The van der Waals surface area contributed by atoms with Gasteiger partial charge in [0, 0.05) is 41.2 Å². The third-order valence-corrected chi connectivity index (χ3v) is 5.67. The predicted molar refractivity (Wildman–Crippen MR) is 116 cm³/mol. The molecule has 5 heteroatoms. The van der Waals surface area contributed by atoms with Crippen molar-refractivity contribution in [3.05, 3.63) is 101 Å². The van der Waals surface area contributed by atoms with Crippen LogP contribution in [0.3, 0.4) is 0 Å². The Morgan fingerprint density at radius 3 is 2.60 bits per heavy atom. The first-order valence-corrected chi connectivity index (χ1v) is 10.1. The maximum Gasteiger partial charge on any atom is 0.193 e. The van der Waals surface area contributed by atoms with Crippen LogP contribution in [0.15, 0.2) is 84.3 Å². The number of nitrogens with zero attached hydrogens (tertiary/aromatic N) is 1. The third-order valence-electron chi connectivity index (χ3n) is 5.67. The highest BCUT2D eigenvalue weighted by Gasteiger charge is 2.32. The summed E-state index contributed by atoms with van der Waals surface area (Å²) in [5.41, 5.74) is 5.57. The Bertz CT molecular complexity index is 1150. The van der Waals surface area contributed by atoms with Crippen LogP contribution >= 0.6 is 0 Å². The Balaban J connectivity index is 1.58. The molecule has 148 valence electrons. The minimum absolute atomic E-state index is 0.0258. The van der Waals surface area contributed by atoms with Gasteiger partial charge in [-0.15, -0.1) is 0 Å². The van der Waals surface area contributed by atoms with Gasteiger partial charge in [0.25, 0.3) is 0 Å². The number of nitrogens with one attached hydrogen (secondary N) is 2. The lowest BCUT2D eigenvalue weighted by atomic mass is 9.87. The predicted octanol–water partition coefficient (Wildman–Crippen LogP) is 4.90. The lowest BCUT2D eigenvalue weighted by Gasteiger charge is -2.25. The Hall–Kier alpha value is -3.73. The topological polar surface area (TPSA) is 71.1 Å². The number of hydrogen-bond acceptors (Lipinski definition) is 5. The molecule has 0 saturated carbocycles. The molecule has 1 aromatic heterocycles. The number of carbonyl (C=O) groups is 2. The molecule has 1 aliphatic heterocycles. The normalized spacial score (nSPS) is 17.9. The van der Waals surface area contributed by atoms with Crippen LogP contribution in [0.25, 0.3) is 0 Å². The van der Waals surface area contributed by atoms with Crippen LogP contribution < -0.4 is 10.6 Å². The zero-order valence-electron chi connectivity index (χ0n) is 16.4. The van der Waals surface area contributed by atoms with Crippen molar-refractivity contribution in [1.82, 2.24) is 4.98 Å². The Kier molecular flexibility index (Phi) is 4.64. The fourth-order valence-corrected chi connectivity index (χ4v) is 4.19. The lowest BCUT2D eigenvalue weighted by molar-refractivity contribution is -0.116. The van der Waals surface area contributed by atoms with Gasteiger partial charge in [0.15, 0.2) is 11.6 Å². The number of aromatic nitrogens is 1. The van der Waals surface area contributed by atoms with Crippen molar-refractivity contribution in [3.8, 4) is 0 Å². The first-order valence-electron chi connectivity index (χ1n) is 10.1. The van der Waals surface area contributed by atoms with Crippen LogP contribution in [-0.2, 0) is 4.79 Å². The number of ketones is 2. The van der Waals surface area contributed by atoms with E-state index in [9.17, 15) is 9.59 Å². The molecular formula is C25H21N3O2. The number of anilines is 2. The number of Topliss-reactive ketones (excluding diaryl/α,β-unsaturated/α-hetero) is 1. The van der Waals surface area contributed by atoms with E-state index in [1.54, 1.807) is 12.4 Å². The van der Waals surface area contributed by atoms with Gasteiger partial charge < -0.3 is 10.6 Å². The van der Waals surface area contributed by atoms with E-state index in [0.29, 0.717) is 17.5 Å². The lowest BCUT2D eigenvalue weighted by Crippen LogP contribution is -2.23. The second kappa shape index (κ2) is 7.59. The monoisotopic (exact) mass is 395 g/mol. The SMILES string of the molecule is O=C1CCCC2=C1[C@H](c1cccnc1)Nc1ccc(C(=O)c3ccccc3)cc1N2. The molecule has 0 saturated heterocycles. The average molecular weight is 395 g/mol. The highest BCUT2D eigenvalue weighted by molar-refractivity contribution is 6.10. The van der Waals surface area contributed by atoms with Crippen LogP contribution in [0.2, 0.25) is 0 Å². The average Bonchev–Trinajstić information content (AvgIpc) is 2.96. The molecule has 0 unspecified atom stereocenters. The number of pyridine rings is 1. The van der Waals surface area contributed by atoms with Crippen molar-refractivity contribution in [2.45, 2.75) is 25.3 Å². The van der Waals surface area contributed by atoms with Gasteiger partial charge in [-0.2, -0.15) is 0 Å². The molecule has 2 aromatic carbocycles.